The van der Waals surface area contributed by atoms with Gasteiger partial charge in [-0.15, -0.1) is 0 Å². The standard InChI is InChI=1S/C21H21F2NO/c22-18-9-6-10-19(23)20(18)15-8-3-2-7-14(15)16-13-17(16)21(25)24-11-4-1-5-12-24/h2-3,6-10,16-17H,1,4-5,11-13H2. The van der Waals surface area contributed by atoms with Crippen LogP contribution in [0, 0.1) is 17.6 Å². The number of nitrogens with zero attached hydrogens (tertiary/aromatic N) is 1. The molecule has 4 heteroatoms. The number of amides is 1. The van der Waals surface area contributed by atoms with Crippen LogP contribution in [0.3, 0.4) is 0 Å². The van der Waals surface area contributed by atoms with Crippen molar-refractivity contribution in [3.8, 4) is 11.1 Å². The van der Waals surface area contributed by atoms with Gasteiger partial charge in [-0.05, 0) is 54.9 Å². The molecule has 0 bridgehead atoms. The molecule has 0 N–H and O–H groups in total. The van der Waals surface area contributed by atoms with E-state index in [2.05, 4.69) is 0 Å². The molecule has 25 heavy (non-hydrogen) atoms. The molecule has 2 aliphatic rings. The topological polar surface area (TPSA) is 20.3 Å². The SMILES string of the molecule is O=C(C1CC1c1ccccc1-c1c(F)cccc1F)N1CCCCC1. The first-order valence-electron chi connectivity index (χ1n) is 8.99. The summed E-state index contributed by atoms with van der Waals surface area (Å²) in [6.45, 7) is 1.68. The molecule has 1 aliphatic heterocycles. The minimum Gasteiger partial charge on any atom is -0.342 e. The third-order valence-corrected chi connectivity index (χ3v) is 5.37. The van der Waals surface area contributed by atoms with E-state index in [0.29, 0.717) is 5.56 Å². The maximum Gasteiger partial charge on any atom is 0.226 e. The summed E-state index contributed by atoms with van der Waals surface area (Å²) in [6, 6.07) is 11.2. The first kappa shape index (κ1) is 16.2. The molecule has 2 unspecified atom stereocenters. The van der Waals surface area contributed by atoms with E-state index in [4.69, 9.17) is 0 Å². The van der Waals surface area contributed by atoms with Gasteiger partial charge in [-0.25, -0.2) is 8.78 Å². The number of benzene rings is 2. The largest absolute Gasteiger partial charge is 0.342 e. The Kier molecular flexibility index (Phi) is 4.28. The molecule has 130 valence electrons. The molecule has 1 heterocycles. The zero-order valence-corrected chi connectivity index (χ0v) is 14.1. The summed E-state index contributed by atoms with van der Waals surface area (Å²) in [4.78, 5) is 14.7. The first-order chi connectivity index (χ1) is 12.2. The Balaban J connectivity index is 1.62. The zero-order valence-electron chi connectivity index (χ0n) is 14.1. The fourth-order valence-electron chi connectivity index (χ4n) is 3.96. The second-order valence-corrected chi connectivity index (χ2v) is 7.02. The van der Waals surface area contributed by atoms with E-state index in [-0.39, 0.29) is 23.3 Å². The monoisotopic (exact) mass is 341 g/mol. The summed E-state index contributed by atoms with van der Waals surface area (Å²) in [7, 11) is 0. The van der Waals surface area contributed by atoms with Gasteiger partial charge in [-0.1, -0.05) is 30.3 Å². The zero-order chi connectivity index (χ0) is 17.4. The number of hydrogen-bond acceptors (Lipinski definition) is 1. The van der Waals surface area contributed by atoms with Gasteiger partial charge in [0.2, 0.25) is 5.91 Å². The fourth-order valence-corrected chi connectivity index (χ4v) is 3.96. The van der Waals surface area contributed by atoms with Gasteiger partial charge in [0.05, 0.1) is 5.56 Å². The highest BCUT2D eigenvalue weighted by Crippen LogP contribution is 2.51. The summed E-state index contributed by atoms with van der Waals surface area (Å²) in [6.07, 6.45) is 4.09. The van der Waals surface area contributed by atoms with Crippen molar-refractivity contribution in [1.29, 1.82) is 0 Å². The maximum absolute atomic E-state index is 14.2. The number of carbonyl (C=O) groups excluding carboxylic acids is 1. The minimum absolute atomic E-state index is 0.00849. The molecule has 2 aromatic rings. The lowest BCUT2D eigenvalue weighted by atomic mass is 9.95. The highest BCUT2D eigenvalue weighted by molar-refractivity contribution is 5.84. The van der Waals surface area contributed by atoms with Crippen LogP contribution in [-0.2, 0) is 4.79 Å². The van der Waals surface area contributed by atoms with Crippen molar-refractivity contribution in [2.45, 2.75) is 31.6 Å². The van der Waals surface area contributed by atoms with Crippen LogP contribution in [0.1, 0.15) is 37.2 Å². The van der Waals surface area contributed by atoms with Crippen LogP contribution in [0.2, 0.25) is 0 Å². The number of rotatable bonds is 3. The molecular weight excluding hydrogens is 320 g/mol. The Bertz CT molecular complexity index is 778. The quantitative estimate of drug-likeness (QED) is 0.789. The molecule has 1 saturated carbocycles. The van der Waals surface area contributed by atoms with Crippen LogP contribution < -0.4 is 0 Å². The van der Waals surface area contributed by atoms with Crippen LogP contribution in [0.15, 0.2) is 42.5 Å². The highest BCUT2D eigenvalue weighted by Gasteiger charge is 2.46. The number of likely N-dealkylation sites (tertiary alicyclic amines) is 1. The number of halogens is 2. The van der Waals surface area contributed by atoms with E-state index in [0.717, 1.165) is 37.9 Å². The molecule has 2 atom stereocenters. The molecule has 2 nitrogen and oxygen atoms in total. The van der Waals surface area contributed by atoms with Crippen LogP contribution in [0.25, 0.3) is 11.1 Å². The molecule has 1 saturated heterocycles. The maximum atomic E-state index is 14.2. The predicted molar refractivity (Wildman–Crippen MR) is 93.1 cm³/mol. The molecule has 1 amide bonds. The van der Waals surface area contributed by atoms with Gasteiger partial charge in [0.25, 0.3) is 0 Å². The molecule has 2 aromatic carbocycles. The average Bonchev–Trinajstić information content (AvgIpc) is 3.43. The van der Waals surface area contributed by atoms with Gasteiger partial charge in [0, 0.05) is 19.0 Å². The number of piperidine rings is 1. The lowest BCUT2D eigenvalue weighted by molar-refractivity contribution is -0.133. The molecule has 2 fully saturated rings. The number of hydrogen-bond donors (Lipinski definition) is 0. The first-order valence-corrected chi connectivity index (χ1v) is 8.99. The Hall–Kier alpha value is -2.23. The second kappa shape index (κ2) is 6.58. The smallest absolute Gasteiger partial charge is 0.226 e. The van der Waals surface area contributed by atoms with Crippen LogP contribution in [0.5, 0.6) is 0 Å². The van der Waals surface area contributed by atoms with E-state index in [9.17, 15) is 13.6 Å². The highest BCUT2D eigenvalue weighted by atomic mass is 19.1. The normalized spacial score (nSPS) is 22.7. The van der Waals surface area contributed by atoms with Crippen molar-refractivity contribution < 1.29 is 13.6 Å². The van der Waals surface area contributed by atoms with Gasteiger partial charge in [-0.3, -0.25) is 4.79 Å². The Labute approximate surface area is 146 Å². The van der Waals surface area contributed by atoms with Gasteiger partial charge >= 0.3 is 0 Å². The van der Waals surface area contributed by atoms with E-state index < -0.39 is 11.6 Å². The molecule has 0 aromatic heterocycles. The van der Waals surface area contributed by atoms with Gasteiger partial charge in [0.1, 0.15) is 11.6 Å². The molecule has 4 rings (SSSR count). The lowest BCUT2D eigenvalue weighted by Crippen LogP contribution is -2.36. The van der Waals surface area contributed by atoms with Crippen LogP contribution in [-0.4, -0.2) is 23.9 Å². The van der Waals surface area contributed by atoms with E-state index in [1.807, 2.05) is 17.0 Å². The van der Waals surface area contributed by atoms with E-state index in [1.165, 1.54) is 24.6 Å². The van der Waals surface area contributed by atoms with Gasteiger partial charge < -0.3 is 4.90 Å². The predicted octanol–water partition coefficient (Wildman–Crippen LogP) is 4.75. The van der Waals surface area contributed by atoms with Crippen molar-refractivity contribution in [3.63, 3.8) is 0 Å². The van der Waals surface area contributed by atoms with E-state index in [1.54, 1.807) is 12.1 Å². The molecule has 1 aliphatic carbocycles. The van der Waals surface area contributed by atoms with Gasteiger partial charge in [-0.2, -0.15) is 0 Å². The van der Waals surface area contributed by atoms with Gasteiger partial charge in [0.15, 0.2) is 0 Å². The summed E-state index contributed by atoms with van der Waals surface area (Å²) in [5, 5.41) is 0. The van der Waals surface area contributed by atoms with Crippen molar-refractivity contribution >= 4 is 5.91 Å². The summed E-state index contributed by atoms with van der Waals surface area (Å²) >= 11 is 0. The Morgan fingerprint density at radius 3 is 2.32 bits per heavy atom. The lowest BCUT2D eigenvalue weighted by Gasteiger charge is -2.27. The second-order valence-electron chi connectivity index (χ2n) is 7.02. The summed E-state index contributed by atoms with van der Waals surface area (Å²) in [5.74, 6) is -0.911. The van der Waals surface area contributed by atoms with Crippen LogP contribution >= 0.6 is 0 Å². The third kappa shape index (κ3) is 3.06. The van der Waals surface area contributed by atoms with Crippen molar-refractivity contribution in [2.24, 2.45) is 5.92 Å². The minimum atomic E-state index is -0.563. The van der Waals surface area contributed by atoms with E-state index >= 15 is 0 Å². The molecule has 0 radical (unpaired) electrons. The van der Waals surface area contributed by atoms with Crippen molar-refractivity contribution in [2.75, 3.05) is 13.1 Å². The van der Waals surface area contributed by atoms with Crippen LogP contribution in [0.4, 0.5) is 8.78 Å². The van der Waals surface area contributed by atoms with Crippen molar-refractivity contribution in [1.82, 2.24) is 4.90 Å². The third-order valence-electron chi connectivity index (χ3n) is 5.37. The summed E-state index contributed by atoms with van der Waals surface area (Å²) in [5.41, 5.74) is 1.45. The molecule has 0 spiro atoms. The van der Waals surface area contributed by atoms with Crippen molar-refractivity contribution in [3.05, 3.63) is 59.7 Å². The Morgan fingerprint density at radius 1 is 0.920 bits per heavy atom. The Morgan fingerprint density at radius 2 is 1.60 bits per heavy atom. The average molecular weight is 341 g/mol. The fraction of sp³-hybridized carbons (Fsp3) is 0.381. The summed E-state index contributed by atoms with van der Waals surface area (Å²) < 4.78 is 28.5. The molecular formula is C21H21F2NO. The number of carbonyl (C=O) groups is 1.